The van der Waals surface area contributed by atoms with Crippen LogP contribution in [-0.2, 0) is 0 Å². The molecule has 0 heterocycles. The number of allylic oxidation sites excluding steroid dienone is 1. The van der Waals surface area contributed by atoms with E-state index in [1.807, 2.05) is 25.4 Å². The second-order valence-corrected chi connectivity index (χ2v) is 2.21. The Morgan fingerprint density at radius 2 is 2.00 bits per heavy atom. The number of hydrogen-bond acceptors (Lipinski definition) is 1. The van der Waals surface area contributed by atoms with Gasteiger partial charge in [-0.2, -0.15) is 0 Å². The van der Waals surface area contributed by atoms with Gasteiger partial charge in [-0.1, -0.05) is 12.7 Å². The van der Waals surface area contributed by atoms with Gasteiger partial charge in [0.2, 0.25) is 0 Å². The summed E-state index contributed by atoms with van der Waals surface area (Å²) in [4.78, 5) is 2.06. The Balaban J connectivity index is 3.82. The fourth-order valence-electron chi connectivity index (χ4n) is 0.616. The summed E-state index contributed by atoms with van der Waals surface area (Å²) < 4.78 is 0. The highest BCUT2D eigenvalue weighted by Crippen LogP contribution is 1.97. The van der Waals surface area contributed by atoms with Gasteiger partial charge in [-0.15, -0.1) is 0 Å². The topological polar surface area (TPSA) is 3.24 Å². The molecule has 0 aliphatic heterocycles. The molecular formula is C8H15N. The lowest BCUT2D eigenvalue weighted by Gasteiger charge is -2.18. The molecule has 1 heteroatoms. The van der Waals surface area contributed by atoms with Crippen LogP contribution >= 0.6 is 0 Å². The first-order valence-electron chi connectivity index (χ1n) is 3.25. The van der Waals surface area contributed by atoms with Crippen molar-refractivity contribution in [2.75, 3.05) is 0 Å². The maximum Gasteiger partial charge on any atom is 0.0273 e. The van der Waals surface area contributed by atoms with E-state index in [1.54, 1.807) is 0 Å². The van der Waals surface area contributed by atoms with E-state index in [0.717, 1.165) is 0 Å². The maximum atomic E-state index is 3.68. The van der Waals surface area contributed by atoms with Crippen molar-refractivity contribution in [2.24, 2.45) is 0 Å². The summed E-state index contributed by atoms with van der Waals surface area (Å²) in [6.45, 7) is 9.93. The van der Waals surface area contributed by atoms with Gasteiger partial charge >= 0.3 is 0 Å². The summed E-state index contributed by atoms with van der Waals surface area (Å²) in [5, 5.41) is 0. The van der Waals surface area contributed by atoms with Crippen molar-refractivity contribution >= 4 is 0 Å². The largest absolute Gasteiger partial charge is 0.353 e. The van der Waals surface area contributed by atoms with Crippen molar-refractivity contribution in [3.63, 3.8) is 0 Å². The highest BCUT2D eigenvalue weighted by molar-refractivity contribution is 4.87. The summed E-state index contributed by atoms with van der Waals surface area (Å²) in [5.74, 6) is 0. The molecule has 1 nitrogen and oxygen atoms in total. The normalized spacial score (nSPS) is 10.7. The molecule has 0 fully saturated rings. The molecule has 0 aliphatic carbocycles. The molecular weight excluding hydrogens is 110 g/mol. The second-order valence-electron chi connectivity index (χ2n) is 2.21. The molecule has 0 N–H and O–H groups in total. The highest BCUT2D eigenvalue weighted by atomic mass is 15.1. The minimum atomic E-state index is 0.513. The molecule has 0 unspecified atom stereocenters. The van der Waals surface area contributed by atoms with Crippen molar-refractivity contribution in [1.29, 1.82) is 0 Å². The van der Waals surface area contributed by atoms with Gasteiger partial charge in [-0.05, 0) is 33.2 Å². The van der Waals surface area contributed by atoms with Crippen LogP contribution in [0.4, 0.5) is 0 Å². The summed E-state index contributed by atoms with van der Waals surface area (Å²) in [6.07, 6.45) is 5.84. The number of hydrogen-bond donors (Lipinski definition) is 0. The van der Waals surface area contributed by atoms with E-state index in [0.29, 0.717) is 6.04 Å². The first-order chi connectivity index (χ1) is 4.22. The van der Waals surface area contributed by atoms with Crippen LogP contribution in [0.5, 0.6) is 0 Å². The Hall–Kier alpha value is -0.720. The Bertz CT molecular complexity index is 103. The number of rotatable bonds is 3. The zero-order chi connectivity index (χ0) is 7.28. The minimum Gasteiger partial charge on any atom is -0.353 e. The monoisotopic (exact) mass is 125 g/mol. The number of nitrogens with zero attached hydrogens (tertiary/aromatic N) is 1. The van der Waals surface area contributed by atoms with Gasteiger partial charge in [0.25, 0.3) is 0 Å². The summed E-state index contributed by atoms with van der Waals surface area (Å²) in [5.41, 5.74) is 0. The van der Waals surface area contributed by atoms with E-state index in [2.05, 4.69) is 25.3 Å². The van der Waals surface area contributed by atoms with E-state index in [4.69, 9.17) is 0 Å². The highest BCUT2D eigenvalue weighted by Gasteiger charge is 1.95. The molecule has 0 saturated carbocycles. The Morgan fingerprint density at radius 1 is 1.44 bits per heavy atom. The van der Waals surface area contributed by atoms with E-state index in [1.165, 1.54) is 0 Å². The van der Waals surface area contributed by atoms with Crippen LogP contribution in [0.1, 0.15) is 20.8 Å². The summed E-state index contributed by atoms with van der Waals surface area (Å²) in [6, 6.07) is 0.513. The van der Waals surface area contributed by atoms with Crippen LogP contribution in [0.15, 0.2) is 25.1 Å². The van der Waals surface area contributed by atoms with Crippen LogP contribution in [-0.4, -0.2) is 10.9 Å². The smallest absolute Gasteiger partial charge is 0.0273 e. The van der Waals surface area contributed by atoms with E-state index >= 15 is 0 Å². The SMILES string of the molecule is C=CN(/C=C\C)C(C)C. The fraction of sp³-hybridized carbons (Fsp3) is 0.500. The molecule has 9 heavy (non-hydrogen) atoms. The first kappa shape index (κ1) is 8.28. The molecule has 0 amide bonds. The van der Waals surface area contributed by atoms with E-state index in [9.17, 15) is 0 Å². The standard InChI is InChI=1S/C8H15N/c1-5-7-9(6-2)8(3)4/h5-8H,2H2,1,3-4H3/b7-5-. The molecule has 0 aromatic heterocycles. The maximum absolute atomic E-state index is 3.68. The average molecular weight is 125 g/mol. The minimum absolute atomic E-state index is 0.513. The molecule has 0 bridgehead atoms. The average Bonchev–Trinajstić information content (AvgIpc) is 1.82. The van der Waals surface area contributed by atoms with Gasteiger partial charge in [0, 0.05) is 6.04 Å². The van der Waals surface area contributed by atoms with Crippen molar-refractivity contribution in [3.05, 3.63) is 25.1 Å². The predicted octanol–water partition coefficient (Wildman–Crippen LogP) is 2.37. The lowest BCUT2D eigenvalue weighted by Crippen LogP contribution is -2.18. The van der Waals surface area contributed by atoms with E-state index in [-0.39, 0.29) is 0 Å². The van der Waals surface area contributed by atoms with E-state index < -0.39 is 0 Å². The molecule has 0 radical (unpaired) electrons. The van der Waals surface area contributed by atoms with Gasteiger partial charge < -0.3 is 4.90 Å². The Labute approximate surface area is 57.7 Å². The lowest BCUT2D eigenvalue weighted by molar-refractivity contribution is 0.418. The molecule has 0 rings (SSSR count). The van der Waals surface area contributed by atoms with Gasteiger partial charge in [-0.25, -0.2) is 0 Å². The van der Waals surface area contributed by atoms with Crippen molar-refractivity contribution < 1.29 is 0 Å². The Kier molecular flexibility index (Phi) is 3.85. The van der Waals surface area contributed by atoms with Crippen LogP contribution in [0, 0.1) is 0 Å². The van der Waals surface area contributed by atoms with Crippen LogP contribution < -0.4 is 0 Å². The van der Waals surface area contributed by atoms with Crippen molar-refractivity contribution in [3.8, 4) is 0 Å². The molecule has 0 aromatic rings. The van der Waals surface area contributed by atoms with Gasteiger partial charge in [0.15, 0.2) is 0 Å². The molecule has 0 aromatic carbocycles. The molecule has 0 aliphatic rings. The first-order valence-corrected chi connectivity index (χ1v) is 3.25. The van der Waals surface area contributed by atoms with Gasteiger partial charge in [0.05, 0.1) is 0 Å². The third kappa shape index (κ3) is 2.96. The lowest BCUT2D eigenvalue weighted by atomic mass is 10.3. The van der Waals surface area contributed by atoms with Gasteiger partial charge in [-0.3, -0.25) is 0 Å². The zero-order valence-corrected chi connectivity index (χ0v) is 6.46. The molecule has 52 valence electrons. The van der Waals surface area contributed by atoms with Gasteiger partial charge in [0.1, 0.15) is 0 Å². The molecule has 0 spiro atoms. The quantitative estimate of drug-likeness (QED) is 0.559. The summed E-state index contributed by atoms with van der Waals surface area (Å²) in [7, 11) is 0. The van der Waals surface area contributed by atoms with Crippen LogP contribution in [0.2, 0.25) is 0 Å². The fourth-order valence-corrected chi connectivity index (χ4v) is 0.616. The third-order valence-corrected chi connectivity index (χ3v) is 1.13. The zero-order valence-electron chi connectivity index (χ0n) is 6.46. The second kappa shape index (κ2) is 4.19. The summed E-state index contributed by atoms with van der Waals surface area (Å²) >= 11 is 0. The van der Waals surface area contributed by atoms with Crippen LogP contribution in [0.25, 0.3) is 0 Å². The predicted molar refractivity (Wildman–Crippen MR) is 42.0 cm³/mol. The Morgan fingerprint density at radius 3 is 2.11 bits per heavy atom. The van der Waals surface area contributed by atoms with Crippen molar-refractivity contribution in [1.82, 2.24) is 4.90 Å². The molecule has 0 saturated heterocycles. The third-order valence-electron chi connectivity index (χ3n) is 1.13. The molecule has 0 atom stereocenters. The van der Waals surface area contributed by atoms with Crippen molar-refractivity contribution in [2.45, 2.75) is 26.8 Å². The van der Waals surface area contributed by atoms with Crippen LogP contribution in [0.3, 0.4) is 0 Å².